The van der Waals surface area contributed by atoms with Crippen molar-refractivity contribution in [2.75, 3.05) is 53.6 Å². The van der Waals surface area contributed by atoms with Gasteiger partial charge >= 0.3 is 0 Å². The molecule has 0 spiro atoms. The van der Waals surface area contributed by atoms with Crippen molar-refractivity contribution in [1.29, 1.82) is 0 Å². The summed E-state index contributed by atoms with van der Waals surface area (Å²) in [4.78, 5) is 2.72. The van der Waals surface area contributed by atoms with Crippen LogP contribution in [0.3, 0.4) is 0 Å². The average Bonchev–Trinajstić information content (AvgIpc) is 3.26. The van der Waals surface area contributed by atoms with Crippen molar-refractivity contribution in [2.45, 2.75) is 45.6 Å². The van der Waals surface area contributed by atoms with Crippen LogP contribution in [0.25, 0.3) is 0 Å². The Bertz CT molecular complexity index is 702. The molecule has 0 amide bonds. The third-order valence-corrected chi connectivity index (χ3v) is 7.40. The third kappa shape index (κ3) is 4.79. The first-order chi connectivity index (χ1) is 14.6. The van der Waals surface area contributed by atoms with Gasteiger partial charge in [0, 0.05) is 32.3 Å². The maximum atomic E-state index is 6.31. The molecule has 0 saturated carbocycles. The van der Waals surface area contributed by atoms with Crippen molar-refractivity contribution < 1.29 is 14.2 Å². The predicted molar refractivity (Wildman–Crippen MR) is 120 cm³/mol. The molecule has 4 rings (SSSR count). The van der Waals surface area contributed by atoms with E-state index >= 15 is 0 Å². The van der Waals surface area contributed by atoms with Gasteiger partial charge < -0.3 is 19.5 Å². The smallest absolute Gasteiger partial charge is 0.161 e. The highest BCUT2D eigenvalue weighted by Crippen LogP contribution is 2.45. The van der Waals surface area contributed by atoms with Gasteiger partial charge in [-0.15, -0.1) is 0 Å². The molecule has 5 heteroatoms. The summed E-state index contributed by atoms with van der Waals surface area (Å²) in [7, 11) is 3.46. The van der Waals surface area contributed by atoms with Crippen LogP contribution < -0.4 is 14.8 Å². The lowest BCUT2D eigenvalue weighted by Gasteiger charge is -2.47. The van der Waals surface area contributed by atoms with E-state index < -0.39 is 0 Å². The Morgan fingerprint density at radius 2 is 1.90 bits per heavy atom. The van der Waals surface area contributed by atoms with Crippen LogP contribution in [0.4, 0.5) is 0 Å². The van der Waals surface area contributed by atoms with Crippen molar-refractivity contribution in [3.05, 3.63) is 23.3 Å². The molecule has 1 aromatic rings. The second-order valence-corrected chi connectivity index (χ2v) is 9.95. The molecule has 0 bridgehead atoms. The Hall–Kier alpha value is -1.30. The van der Waals surface area contributed by atoms with Gasteiger partial charge in [0.05, 0.1) is 20.8 Å². The van der Waals surface area contributed by atoms with Crippen molar-refractivity contribution in [3.8, 4) is 11.5 Å². The highest BCUT2D eigenvalue weighted by atomic mass is 16.5. The summed E-state index contributed by atoms with van der Waals surface area (Å²) in [6.07, 6.45) is 4.83. The normalized spacial score (nSPS) is 29.0. The zero-order chi connectivity index (χ0) is 21.1. The van der Waals surface area contributed by atoms with Crippen LogP contribution in [0.15, 0.2) is 12.1 Å². The fraction of sp³-hybridized carbons (Fsp3) is 0.760. The number of nitrogens with one attached hydrogen (secondary N) is 1. The number of nitrogens with zero attached hydrogens (tertiary/aromatic N) is 1. The number of ether oxygens (including phenoxy) is 3. The highest BCUT2D eigenvalue weighted by Gasteiger charge is 2.39. The lowest BCUT2D eigenvalue weighted by molar-refractivity contribution is -0.0116. The van der Waals surface area contributed by atoms with Crippen LogP contribution in [0.2, 0.25) is 0 Å². The van der Waals surface area contributed by atoms with Gasteiger partial charge in [0.15, 0.2) is 11.5 Å². The Labute approximate surface area is 182 Å². The van der Waals surface area contributed by atoms with E-state index in [2.05, 4.69) is 36.2 Å². The molecule has 3 aliphatic rings. The lowest BCUT2D eigenvalue weighted by Crippen LogP contribution is -2.47. The first-order valence-electron chi connectivity index (χ1n) is 11.9. The van der Waals surface area contributed by atoms with Gasteiger partial charge in [-0.25, -0.2) is 0 Å². The topological polar surface area (TPSA) is 43.0 Å². The van der Waals surface area contributed by atoms with Gasteiger partial charge in [-0.05, 0) is 79.2 Å². The fourth-order valence-corrected chi connectivity index (χ4v) is 5.82. The number of rotatable bonds is 8. The molecule has 0 aliphatic carbocycles. The molecule has 1 N–H and O–H groups in total. The Kier molecular flexibility index (Phi) is 7.22. The van der Waals surface area contributed by atoms with E-state index in [9.17, 15) is 0 Å². The Morgan fingerprint density at radius 1 is 1.10 bits per heavy atom. The van der Waals surface area contributed by atoms with Crippen LogP contribution in [0.1, 0.15) is 50.3 Å². The standard InChI is InChI=1S/C25H40N2O3/c1-17(2)9-20-14-27-8-6-19-11-24(28-3)25(29-4)12-22(19)23(27)10-21(20)16-30-15-18-5-7-26-13-18/h11-12,17-18,20-21,23,26H,5-10,13-16H2,1-4H3/t18-,20-,21+,23-/m1/s1. The van der Waals surface area contributed by atoms with Crippen LogP contribution >= 0.6 is 0 Å². The minimum absolute atomic E-state index is 0.471. The number of hydrogen-bond acceptors (Lipinski definition) is 5. The van der Waals surface area contributed by atoms with Gasteiger partial charge in [-0.1, -0.05) is 13.8 Å². The second-order valence-electron chi connectivity index (χ2n) is 9.95. The number of fused-ring (bicyclic) bond motifs is 3. The summed E-state index contributed by atoms with van der Waals surface area (Å²) in [5.41, 5.74) is 2.86. The average molecular weight is 417 g/mol. The molecule has 0 unspecified atom stereocenters. The van der Waals surface area contributed by atoms with E-state index in [0.717, 1.165) is 62.6 Å². The van der Waals surface area contributed by atoms with Crippen LogP contribution in [0, 0.1) is 23.7 Å². The molecule has 2 fully saturated rings. The predicted octanol–water partition coefficient (Wildman–Crippen LogP) is 3.91. The first kappa shape index (κ1) is 21.9. The van der Waals surface area contributed by atoms with Gasteiger partial charge in [0.1, 0.15) is 0 Å². The summed E-state index contributed by atoms with van der Waals surface area (Å²) in [5.74, 6) is 4.48. The second kappa shape index (κ2) is 9.88. The quantitative estimate of drug-likeness (QED) is 0.696. The first-order valence-corrected chi connectivity index (χ1v) is 11.9. The molecule has 1 aromatic carbocycles. The number of piperidine rings is 1. The number of methoxy groups -OCH3 is 2. The number of benzene rings is 1. The van der Waals surface area contributed by atoms with E-state index in [1.54, 1.807) is 14.2 Å². The monoisotopic (exact) mass is 416 g/mol. The summed E-state index contributed by atoms with van der Waals surface area (Å²) < 4.78 is 17.5. The van der Waals surface area contributed by atoms with Crippen molar-refractivity contribution in [3.63, 3.8) is 0 Å². The van der Waals surface area contributed by atoms with E-state index in [1.165, 1.54) is 36.9 Å². The summed E-state index contributed by atoms with van der Waals surface area (Å²) >= 11 is 0. The number of hydrogen-bond donors (Lipinski definition) is 1. The molecule has 3 heterocycles. The van der Waals surface area contributed by atoms with Crippen molar-refractivity contribution in [2.24, 2.45) is 23.7 Å². The SMILES string of the molecule is COc1cc2c(cc1OC)[C@H]1C[C@@H](COC[C@@H]3CCNC3)[C@H](CC(C)C)CN1CC2. The van der Waals surface area contributed by atoms with E-state index in [0.29, 0.717) is 17.9 Å². The van der Waals surface area contributed by atoms with Gasteiger partial charge in [-0.2, -0.15) is 0 Å². The van der Waals surface area contributed by atoms with Gasteiger partial charge in [0.25, 0.3) is 0 Å². The molecule has 30 heavy (non-hydrogen) atoms. The lowest BCUT2D eigenvalue weighted by atomic mass is 9.74. The molecule has 168 valence electrons. The maximum absolute atomic E-state index is 6.31. The van der Waals surface area contributed by atoms with Crippen LogP contribution in [0.5, 0.6) is 11.5 Å². The minimum atomic E-state index is 0.471. The van der Waals surface area contributed by atoms with Crippen molar-refractivity contribution in [1.82, 2.24) is 10.2 Å². The third-order valence-electron chi connectivity index (χ3n) is 7.40. The molecular formula is C25H40N2O3. The van der Waals surface area contributed by atoms with Crippen molar-refractivity contribution >= 4 is 0 Å². The molecule has 0 aromatic heterocycles. The fourth-order valence-electron chi connectivity index (χ4n) is 5.82. The highest BCUT2D eigenvalue weighted by molar-refractivity contribution is 5.49. The molecular weight excluding hydrogens is 376 g/mol. The Morgan fingerprint density at radius 3 is 2.60 bits per heavy atom. The van der Waals surface area contributed by atoms with Gasteiger partial charge in [-0.3, -0.25) is 4.90 Å². The minimum Gasteiger partial charge on any atom is -0.493 e. The van der Waals surface area contributed by atoms with E-state index in [4.69, 9.17) is 14.2 Å². The summed E-state index contributed by atoms with van der Waals surface area (Å²) in [5, 5.41) is 3.46. The molecule has 0 radical (unpaired) electrons. The molecule has 3 aliphatic heterocycles. The zero-order valence-corrected chi connectivity index (χ0v) is 19.3. The summed E-state index contributed by atoms with van der Waals surface area (Å²) in [6.45, 7) is 11.1. The van der Waals surface area contributed by atoms with Gasteiger partial charge in [0.2, 0.25) is 0 Å². The zero-order valence-electron chi connectivity index (χ0n) is 19.3. The van der Waals surface area contributed by atoms with Crippen LogP contribution in [-0.4, -0.2) is 58.5 Å². The molecule has 4 atom stereocenters. The van der Waals surface area contributed by atoms with Crippen LogP contribution in [-0.2, 0) is 11.2 Å². The maximum Gasteiger partial charge on any atom is 0.161 e. The largest absolute Gasteiger partial charge is 0.493 e. The Balaban J connectivity index is 1.50. The molecule has 5 nitrogen and oxygen atoms in total. The summed E-state index contributed by atoms with van der Waals surface area (Å²) in [6, 6.07) is 4.90. The molecule has 2 saturated heterocycles. The van der Waals surface area contributed by atoms with E-state index in [1.807, 2.05) is 0 Å². The van der Waals surface area contributed by atoms with E-state index in [-0.39, 0.29) is 0 Å².